The molecule has 0 heterocycles. The highest BCUT2D eigenvalue weighted by Gasteiger charge is 2.63. The van der Waals surface area contributed by atoms with Gasteiger partial charge in [-0.25, -0.2) is 0 Å². The Bertz CT molecular complexity index is 158. The van der Waals surface area contributed by atoms with Crippen molar-refractivity contribution >= 4 is 23.2 Å². The van der Waals surface area contributed by atoms with E-state index in [9.17, 15) is 0 Å². The molecule has 0 aliphatic heterocycles. The molecule has 0 amide bonds. The lowest BCUT2D eigenvalue weighted by atomic mass is 9.97. The number of alkyl halides is 2. The SMILES string of the molecule is NC1CCC2C(C1)C2(Cl)Cl. The largest absolute Gasteiger partial charge is 0.328 e. The van der Waals surface area contributed by atoms with Crippen molar-refractivity contribution in [2.24, 2.45) is 17.6 Å². The maximum absolute atomic E-state index is 5.99. The van der Waals surface area contributed by atoms with Crippen LogP contribution in [0.3, 0.4) is 0 Å². The van der Waals surface area contributed by atoms with Crippen molar-refractivity contribution < 1.29 is 0 Å². The second-order valence-electron chi connectivity index (χ2n) is 3.46. The van der Waals surface area contributed by atoms with Gasteiger partial charge in [-0.05, 0) is 31.1 Å². The molecule has 10 heavy (non-hydrogen) atoms. The van der Waals surface area contributed by atoms with Crippen molar-refractivity contribution in [3.63, 3.8) is 0 Å². The van der Waals surface area contributed by atoms with Gasteiger partial charge in [0.05, 0.1) is 0 Å². The molecule has 0 bridgehead atoms. The van der Waals surface area contributed by atoms with Gasteiger partial charge in [0, 0.05) is 6.04 Å². The molecule has 2 fully saturated rings. The van der Waals surface area contributed by atoms with E-state index >= 15 is 0 Å². The smallest absolute Gasteiger partial charge is 0.124 e. The van der Waals surface area contributed by atoms with E-state index in [1.807, 2.05) is 0 Å². The quantitative estimate of drug-likeness (QED) is 0.566. The third kappa shape index (κ3) is 0.876. The summed E-state index contributed by atoms with van der Waals surface area (Å²) in [6.07, 6.45) is 3.25. The predicted molar refractivity (Wildman–Crippen MR) is 43.2 cm³/mol. The van der Waals surface area contributed by atoms with Crippen LogP contribution in [0.2, 0.25) is 0 Å². The van der Waals surface area contributed by atoms with Crippen LogP contribution in [0.4, 0.5) is 0 Å². The van der Waals surface area contributed by atoms with E-state index in [1.165, 1.54) is 0 Å². The van der Waals surface area contributed by atoms with Gasteiger partial charge in [0.2, 0.25) is 0 Å². The molecule has 3 heteroatoms. The van der Waals surface area contributed by atoms with E-state index in [0.29, 0.717) is 17.9 Å². The predicted octanol–water partition coefficient (Wildman–Crippen LogP) is 1.92. The molecular formula is C7H11Cl2N. The first-order valence-corrected chi connectivity index (χ1v) is 4.51. The van der Waals surface area contributed by atoms with Crippen LogP contribution < -0.4 is 5.73 Å². The highest BCUT2D eigenvalue weighted by molar-refractivity contribution is 6.51. The van der Waals surface area contributed by atoms with Crippen LogP contribution in [0.1, 0.15) is 19.3 Å². The second-order valence-corrected chi connectivity index (χ2v) is 4.90. The van der Waals surface area contributed by atoms with Crippen molar-refractivity contribution in [3.05, 3.63) is 0 Å². The van der Waals surface area contributed by atoms with Crippen molar-refractivity contribution in [1.82, 2.24) is 0 Å². The minimum absolute atomic E-state index is 0.348. The van der Waals surface area contributed by atoms with E-state index in [-0.39, 0.29) is 0 Å². The standard InChI is InChI=1S/C7H11Cl2N/c8-7(9)5-2-1-4(10)3-6(5)7/h4-6H,1-3,10H2. The highest BCUT2D eigenvalue weighted by atomic mass is 35.5. The summed E-state index contributed by atoms with van der Waals surface area (Å²) in [5.41, 5.74) is 5.76. The highest BCUT2D eigenvalue weighted by Crippen LogP contribution is 2.65. The Morgan fingerprint density at radius 2 is 1.90 bits per heavy atom. The van der Waals surface area contributed by atoms with E-state index in [4.69, 9.17) is 28.9 Å². The van der Waals surface area contributed by atoms with Crippen molar-refractivity contribution in [1.29, 1.82) is 0 Å². The minimum Gasteiger partial charge on any atom is -0.328 e. The molecule has 2 saturated carbocycles. The summed E-state index contributed by atoms with van der Waals surface area (Å²) >= 11 is 12.0. The molecule has 0 aromatic heterocycles. The molecular weight excluding hydrogens is 169 g/mol. The van der Waals surface area contributed by atoms with Gasteiger partial charge in [-0.1, -0.05) is 0 Å². The average molecular weight is 180 g/mol. The summed E-state index contributed by atoms with van der Waals surface area (Å²) in [5, 5.41) is 0. The number of rotatable bonds is 0. The molecule has 3 unspecified atom stereocenters. The molecule has 3 atom stereocenters. The topological polar surface area (TPSA) is 26.0 Å². The molecule has 0 aromatic rings. The molecule has 1 nitrogen and oxygen atoms in total. The molecule has 58 valence electrons. The molecule has 0 spiro atoms. The fourth-order valence-corrected chi connectivity index (χ4v) is 2.89. The van der Waals surface area contributed by atoms with Crippen LogP contribution in [-0.2, 0) is 0 Å². The van der Waals surface area contributed by atoms with Crippen molar-refractivity contribution in [3.8, 4) is 0 Å². The first kappa shape index (κ1) is 7.20. The fraction of sp³-hybridized carbons (Fsp3) is 1.00. The van der Waals surface area contributed by atoms with E-state index in [2.05, 4.69) is 0 Å². The molecule has 2 rings (SSSR count). The van der Waals surface area contributed by atoms with Crippen LogP contribution in [0.15, 0.2) is 0 Å². The Labute approximate surface area is 70.9 Å². The monoisotopic (exact) mass is 179 g/mol. The molecule has 2 N–H and O–H groups in total. The Morgan fingerprint density at radius 1 is 1.20 bits per heavy atom. The third-order valence-corrected chi connectivity index (χ3v) is 3.89. The Morgan fingerprint density at radius 3 is 2.40 bits per heavy atom. The van der Waals surface area contributed by atoms with Gasteiger partial charge < -0.3 is 5.73 Å². The minimum atomic E-state index is -0.409. The molecule has 0 radical (unpaired) electrons. The lowest BCUT2D eigenvalue weighted by Gasteiger charge is -2.14. The first-order valence-electron chi connectivity index (χ1n) is 3.75. The molecule has 0 saturated heterocycles. The zero-order valence-electron chi connectivity index (χ0n) is 5.69. The van der Waals surface area contributed by atoms with E-state index < -0.39 is 4.33 Å². The van der Waals surface area contributed by atoms with Gasteiger partial charge in [-0.15, -0.1) is 23.2 Å². The van der Waals surface area contributed by atoms with E-state index in [0.717, 1.165) is 19.3 Å². The third-order valence-electron chi connectivity index (χ3n) is 2.77. The summed E-state index contributed by atoms with van der Waals surface area (Å²) in [4.78, 5) is 0. The van der Waals surface area contributed by atoms with Crippen molar-refractivity contribution in [2.45, 2.75) is 29.6 Å². The molecule has 2 aliphatic rings. The van der Waals surface area contributed by atoms with Crippen LogP contribution >= 0.6 is 23.2 Å². The Balaban J connectivity index is 2.04. The van der Waals surface area contributed by atoms with Gasteiger partial charge in [0.1, 0.15) is 4.33 Å². The van der Waals surface area contributed by atoms with Crippen LogP contribution in [0.5, 0.6) is 0 Å². The number of halogens is 2. The van der Waals surface area contributed by atoms with E-state index in [1.54, 1.807) is 0 Å². The summed E-state index contributed by atoms with van der Waals surface area (Å²) < 4.78 is -0.409. The van der Waals surface area contributed by atoms with Crippen molar-refractivity contribution in [2.75, 3.05) is 0 Å². The zero-order valence-corrected chi connectivity index (χ0v) is 7.20. The van der Waals surface area contributed by atoms with Crippen LogP contribution in [-0.4, -0.2) is 10.4 Å². The molecule has 2 aliphatic carbocycles. The van der Waals surface area contributed by atoms with Gasteiger partial charge in [-0.3, -0.25) is 0 Å². The maximum atomic E-state index is 5.99. The van der Waals surface area contributed by atoms with Gasteiger partial charge >= 0.3 is 0 Å². The van der Waals surface area contributed by atoms with Crippen LogP contribution in [0, 0.1) is 11.8 Å². The lowest BCUT2D eigenvalue weighted by molar-refractivity contribution is 0.422. The average Bonchev–Trinajstić information content (AvgIpc) is 2.36. The first-order chi connectivity index (χ1) is 4.62. The number of fused-ring (bicyclic) bond motifs is 1. The molecule has 0 aromatic carbocycles. The zero-order chi connectivity index (χ0) is 7.35. The summed E-state index contributed by atoms with van der Waals surface area (Å²) in [6, 6.07) is 0.348. The maximum Gasteiger partial charge on any atom is 0.124 e. The number of hydrogen-bond donors (Lipinski definition) is 1. The fourth-order valence-electron chi connectivity index (χ4n) is 2.01. The Kier molecular flexibility index (Phi) is 1.46. The Hall–Kier alpha value is 0.540. The van der Waals surface area contributed by atoms with Gasteiger partial charge in [0.25, 0.3) is 0 Å². The lowest BCUT2D eigenvalue weighted by Crippen LogP contribution is -2.23. The second kappa shape index (κ2) is 2.02. The number of nitrogens with two attached hydrogens (primary N) is 1. The van der Waals surface area contributed by atoms with Gasteiger partial charge in [0.15, 0.2) is 0 Å². The van der Waals surface area contributed by atoms with Gasteiger partial charge in [-0.2, -0.15) is 0 Å². The van der Waals surface area contributed by atoms with Crippen LogP contribution in [0.25, 0.3) is 0 Å². The summed E-state index contributed by atoms with van der Waals surface area (Å²) in [7, 11) is 0. The summed E-state index contributed by atoms with van der Waals surface area (Å²) in [5.74, 6) is 1.05. The number of hydrogen-bond acceptors (Lipinski definition) is 1. The normalized spacial score (nSPS) is 50.1. The summed E-state index contributed by atoms with van der Waals surface area (Å²) in [6.45, 7) is 0.